The van der Waals surface area contributed by atoms with Gasteiger partial charge in [-0.25, -0.2) is 4.99 Å². The second-order valence-corrected chi connectivity index (χ2v) is 7.48. The summed E-state index contributed by atoms with van der Waals surface area (Å²) in [6.07, 6.45) is 4.75. The number of amides is 1. The SMILES string of the molecule is CCN1C(CNC(C)(C)C(N)=O)=NC2=CC=C(Oc3ccc(NC)cc3)CC21. The first-order chi connectivity index (χ1) is 13.3. The van der Waals surface area contributed by atoms with E-state index in [4.69, 9.17) is 15.5 Å². The first kappa shape index (κ1) is 19.9. The maximum absolute atomic E-state index is 11.6. The van der Waals surface area contributed by atoms with Crippen LogP contribution in [0.4, 0.5) is 5.69 Å². The molecule has 1 aliphatic heterocycles. The highest BCUT2D eigenvalue weighted by atomic mass is 16.5. The number of primary amides is 1. The first-order valence-corrected chi connectivity index (χ1v) is 9.59. The van der Waals surface area contributed by atoms with Crippen molar-refractivity contribution in [1.29, 1.82) is 0 Å². The number of anilines is 1. The molecule has 150 valence electrons. The number of aliphatic imine (C=N–C) groups is 1. The monoisotopic (exact) mass is 383 g/mol. The van der Waals surface area contributed by atoms with E-state index in [2.05, 4.69) is 22.5 Å². The molecule has 1 heterocycles. The quantitative estimate of drug-likeness (QED) is 0.640. The van der Waals surface area contributed by atoms with Crippen molar-refractivity contribution in [2.45, 2.75) is 38.8 Å². The Bertz CT molecular complexity index is 824. The molecule has 1 aromatic carbocycles. The van der Waals surface area contributed by atoms with Crippen LogP contribution in [0.5, 0.6) is 5.75 Å². The van der Waals surface area contributed by atoms with Crippen LogP contribution in [-0.2, 0) is 4.79 Å². The van der Waals surface area contributed by atoms with Crippen LogP contribution in [0, 0.1) is 0 Å². The maximum Gasteiger partial charge on any atom is 0.237 e. The zero-order valence-electron chi connectivity index (χ0n) is 17.0. The minimum absolute atomic E-state index is 0.148. The van der Waals surface area contributed by atoms with Gasteiger partial charge in [0, 0.05) is 25.7 Å². The van der Waals surface area contributed by atoms with E-state index in [0.29, 0.717) is 6.54 Å². The molecule has 0 spiro atoms. The molecule has 1 unspecified atom stereocenters. The summed E-state index contributed by atoms with van der Waals surface area (Å²) < 4.78 is 6.07. The number of hydrogen-bond acceptors (Lipinski definition) is 6. The third-order valence-corrected chi connectivity index (χ3v) is 5.18. The number of nitrogens with two attached hydrogens (primary N) is 1. The lowest BCUT2D eigenvalue weighted by Gasteiger charge is -2.30. The summed E-state index contributed by atoms with van der Waals surface area (Å²) in [5.74, 6) is 2.26. The Hall–Kier alpha value is -2.80. The van der Waals surface area contributed by atoms with Crippen molar-refractivity contribution in [1.82, 2.24) is 10.2 Å². The predicted octanol–water partition coefficient (Wildman–Crippen LogP) is 2.23. The van der Waals surface area contributed by atoms with Crippen LogP contribution in [0.2, 0.25) is 0 Å². The van der Waals surface area contributed by atoms with Crippen LogP contribution in [0.25, 0.3) is 0 Å². The highest BCUT2D eigenvalue weighted by Crippen LogP contribution is 2.31. The molecule has 0 radical (unpaired) electrons. The molecule has 0 bridgehead atoms. The van der Waals surface area contributed by atoms with Crippen LogP contribution < -0.4 is 21.1 Å². The van der Waals surface area contributed by atoms with E-state index in [1.807, 2.05) is 43.5 Å². The third kappa shape index (κ3) is 4.20. The van der Waals surface area contributed by atoms with E-state index in [0.717, 1.165) is 41.7 Å². The number of benzene rings is 1. The number of likely N-dealkylation sites (N-methyl/N-ethyl adjacent to an activating group) is 1. The van der Waals surface area contributed by atoms with Crippen molar-refractivity contribution < 1.29 is 9.53 Å². The van der Waals surface area contributed by atoms with Gasteiger partial charge in [0.2, 0.25) is 5.91 Å². The summed E-state index contributed by atoms with van der Waals surface area (Å²) in [6, 6.07) is 8.03. The second kappa shape index (κ2) is 8.06. The summed E-state index contributed by atoms with van der Waals surface area (Å²) in [6.45, 7) is 6.97. The van der Waals surface area contributed by atoms with Gasteiger partial charge in [-0.3, -0.25) is 10.1 Å². The Balaban J connectivity index is 1.69. The van der Waals surface area contributed by atoms with E-state index >= 15 is 0 Å². The zero-order chi connectivity index (χ0) is 20.3. The highest BCUT2D eigenvalue weighted by molar-refractivity contribution is 5.90. The molecule has 7 nitrogen and oxygen atoms in total. The van der Waals surface area contributed by atoms with Gasteiger partial charge in [-0.15, -0.1) is 0 Å². The summed E-state index contributed by atoms with van der Waals surface area (Å²) >= 11 is 0. The summed E-state index contributed by atoms with van der Waals surface area (Å²) in [5, 5.41) is 6.31. The van der Waals surface area contributed by atoms with Gasteiger partial charge in [-0.05, 0) is 57.2 Å². The third-order valence-electron chi connectivity index (χ3n) is 5.18. The van der Waals surface area contributed by atoms with Gasteiger partial charge >= 0.3 is 0 Å². The molecular weight excluding hydrogens is 354 g/mol. The number of carbonyl (C=O) groups excluding carboxylic acids is 1. The molecule has 1 amide bonds. The van der Waals surface area contributed by atoms with Gasteiger partial charge in [0.1, 0.15) is 17.3 Å². The number of nitrogens with zero attached hydrogens (tertiary/aromatic N) is 2. The number of rotatable bonds is 8. The molecule has 2 aliphatic rings. The fraction of sp³-hybridized carbons (Fsp3) is 0.429. The summed E-state index contributed by atoms with van der Waals surface area (Å²) in [4.78, 5) is 18.6. The van der Waals surface area contributed by atoms with E-state index in [-0.39, 0.29) is 11.9 Å². The Morgan fingerprint density at radius 3 is 2.64 bits per heavy atom. The van der Waals surface area contributed by atoms with Crippen molar-refractivity contribution in [2.24, 2.45) is 10.7 Å². The minimum atomic E-state index is -0.782. The Morgan fingerprint density at radius 2 is 2.04 bits per heavy atom. The molecule has 28 heavy (non-hydrogen) atoms. The Labute approximate surface area is 166 Å². The fourth-order valence-corrected chi connectivity index (χ4v) is 3.28. The molecule has 1 aliphatic carbocycles. The van der Waals surface area contributed by atoms with E-state index in [1.54, 1.807) is 13.8 Å². The van der Waals surface area contributed by atoms with Crippen molar-refractivity contribution in [3.05, 3.63) is 47.9 Å². The molecule has 3 rings (SSSR count). The van der Waals surface area contributed by atoms with Crippen molar-refractivity contribution in [3.63, 3.8) is 0 Å². The topological polar surface area (TPSA) is 92.0 Å². The molecule has 4 N–H and O–H groups in total. The highest BCUT2D eigenvalue weighted by Gasteiger charge is 2.34. The van der Waals surface area contributed by atoms with E-state index in [1.165, 1.54) is 0 Å². The van der Waals surface area contributed by atoms with Crippen LogP contribution >= 0.6 is 0 Å². The predicted molar refractivity (Wildman–Crippen MR) is 112 cm³/mol. The molecule has 0 aromatic heterocycles. The van der Waals surface area contributed by atoms with Crippen molar-refractivity contribution >= 4 is 17.4 Å². The second-order valence-electron chi connectivity index (χ2n) is 7.48. The normalized spacial score (nSPS) is 18.8. The Morgan fingerprint density at radius 1 is 1.32 bits per heavy atom. The number of amidine groups is 1. The molecule has 1 aromatic rings. The van der Waals surface area contributed by atoms with E-state index < -0.39 is 5.54 Å². The molecule has 7 heteroatoms. The van der Waals surface area contributed by atoms with Gasteiger partial charge in [-0.2, -0.15) is 0 Å². The number of ether oxygens (including phenoxy) is 1. The average Bonchev–Trinajstić information content (AvgIpc) is 3.03. The standard InChI is InChI=1S/C21H29N5O2/c1-5-26-18-12-16(28-15-8-6-14(23-4)7-9-15)10-11-17(18)25-19(26)13-24-21(2,3)20(22)27/h6-11,18,23-24H,5,12-13H2,1-4H3,(H2,22,27). The zero-order valence-corrected chi connectivity index (χ0v) is 17.0. The number of hydrogen-bond donors (Lipinski definition) is 3. The lowest BCUT2D eigenvalue weighted by atomic mass is 10.0. The largest absolute Gasteiger partial charge is 0.462 e. The molecule has 0 fully saturated rings. The van der Waals surface area contributed by atoms with Crippen molar-refractivity contribution in [3.8, 4) is 5.75 Å². The molecular formula is C21H29N5O2. The Kier molecular flexibility index (Phi) is 5.74. The van der Waals surface area contributed by atoms with Gasteiger partial charge in [0.15, 0.2) is 0 Å². The number of fused-ring (bicyclic) bond motifs is 1. The first-order valence-electron chi connectivity index (χ1n) is 9.59. The van der Waals surface area contributed by atoms with Crippen LogP contribution in [0.15, 0.2) is 52.9 Å². The smallest absolute Gasteiger partial charge is 0.237 e. The summed E-state index contributed by atoms with van der Waals surface area (Å²) in [7, 11) is 1.89. The fourth-order valence-electron chi connectivity index (χ4n) is 3.28. The van der Waals surface area contributed by atoms with Gasteiger partial charge in [0.25, 0.3) is 0 Å². The van der Waals surface area contributed by atoms with E-state index in [9.17, 15) is 4.79 Å². The molecule has 1 atom stereocenters. The molecule has 0 saturated carbocycles. The van der Waals surface area contributed by atoms with Crippen LogP contribution in [0.3, 0.4) is 0 Å². The summed E-state index contributed by atoms with van der Waals surface area (Å²) in [5.41, 5.74) is 6.74. The van der Waals surface area contributed by atoms with Crippen LogP contribution in [-0.4, -0.2) is 48.4 Å². The van der Waals surface area contributed by atoms with Crippen LogP contribution in [0.1, 0.15) is 27.2 Å². The van der Waals surface area contributed by atoms with Gasteiger partial charge in [0.05, 0.1) is 23.8 Å². The number of allylic oxidation sites excluding steroid dienone is 2. The number of carbonyl (C=O) groups is 1. The minimum Gasteiger partial charge on any atom is -0.462 e. The maximum atomic E-state index is 11.6. The van der Waals surface area contributed by atoms with Gasteiger partial charge in [-0.1, -0.05) is 0 Å². The van der Waals surface area contributed by atoms with Gasteiger partial charge < -0.3 is 20.7 Å². The molecule has 0 saturated heterocycles. The lowest BCUT2D eigenvalue weighted by molar-refractivity contribution is -0.123. The van der Waals surface area contributed by atoms with Crippen molar-refractivity contribution in [2.75, 3.05) is 25.5 Å². The lowest BCUT2D eigenvalue weighted by Crippen LogP contribution is -2.54. The average molecular weight is 383 g/mol. The number of nitrogens with one attached hydrogen (secondary N) is 2.